The average molecular weight is 343 g/mol. The van der Waals surface area contributed by atoms with Crippen molar-refractivity contribution >= 4 is 34.0 Å². The van der Waals surface area contributed by atoms with Crippen LogP contribution in [0, 0.1) is 5.92 Å². The maximum Gasteiger partial charge on any atom is 0.154 e. The van der Waals surface area contributed by atoms with Crippen LogP contribution in [0.25, 0.3) is 10.8 Å². The molecular weight excluding hydrogens is 324 g/mol. The van der Waals surface area contributed by atoms with Crippen molar-refractivity contribution in [2.45, 2.75) is 24.9 Å². The monoisotopic (exact) mass is 342 g/mol. The first kappa shape index (κ1) is 14.6. The Morgan fingerprint density at radius 1 is 1.25 bits per heavy atom. The van der Waals surface area contributed by atoms with Crippen molar-refractivity contribution in [2.75, 3.05) is 19.6 Å². The van der Waals surface area contributed by atoms with E-state index in [2.05, 4.69) is 20.4 Å². The number of nitrogens with one attached hydrogen (secondary N) is 1. The summed E-state index contributed by atoms with van der Waals surface area (Å²) in [5, 5.41) is 2.84. The van der Waals surface area contributed by atoms with Crippen LogP contribution in [0.5, 0.6) is 0 Å². The van der Waals surface area contributed by atoms with Gasteiger partial charge >= 0.3 is 0 Å². The van der Waals surface area contributed by atoms with Gasteiger partial charge in [-0.05, 0) is 55.4 Å². The largest absolute Gasteiger partial charge is 0.300 e. The molecule has 1 spiro atoms. The van der Waals surface area contributed by atoms with Gasteiger partial charge in [0, 0.05) is 29.6 Å². The summed E-state index contributed by atoms with van der Waals surface area (Å²) in [5.41, 5.74) is 2.97. The lowest BCUT2D eigenvalue weighted by Gasteiger charge is -2.49. The quantitative estimate of drug-likeness (QED) is 0.863. The molecule has 6 heteroatoms. The molecule has 0 radical (unpaired) electrons. The van der Waals surface area contributed by atoms with E-state index >= 15 is 0 Å². The highest BCUT2D eigenvalue weighted by Gasteiger charge is 2.52. The van der Waals surface area contributed by atoms with Crippen molar-refractivity contribution in [3.63, 3.8) is 0 Å². The summed E-state index contributed by atoms with van der Waals surface area (Å²) in [5.74, 6) is 2.19. The van der Waals surface area contributed by atoms with Crippen molar-refractivity contribution in [3.8, 4) is 0 Å². The first-order chi connectivity index (χ1) is 11.7. The maximum atomic E-state index is 6.08. The molecule has 4 saturated heterocycles. The number of hydrogen-bond donors (Lipinski definition) is 1. The predicted molar refractivity (Wildman–Crippen MR) is 94.6 cm³/mol. The summed E-state index contributed by atoms with van der Waals surface area (Å²) in [6.07, 6.45) is 5.12. The highest BCUT2D eigenvalue weighted by molar-refractivity contribution is 6.31. The second-order valence-electron chi connectivity index (χ2n) is 7.09. The van der Waals surface area contributed by atoms with Crippen molar-refractivity contribution in [1.29, 1.82) is 0 Å². The lowest BCUT2D eigenvalue weighted by Crippen LogP contribution is -2.59. The van der Waals surface area contributed by atoms with Crippen LogP contribution in [-0.4, -0.2) is 41.0 Å². The molecule has 4 aliphatic rings. The number of aromatic nitrogens is 1. The van der Waals surface area contributed by atoms with Gasteiger partial charge in [0.05, 0.1) is 0 Å². The van der Waals surface area contributed by atoms with Gasteiger partial charge in [-0.1, -0.05) is 17.7 Å². The van der Waals surface area contributed by atoms with Crippen LogP contribution in [0.4, 0.5) is 5.82 Å². The highest BCUT2D eigenvalue weighted by Crippen LogP contribution is 2.42. The van der Waals surface area contributed by atoms with Gasteiger partial charge in [-0.25, -0.2) is 9.98 Å². The molecule has 5 heterocycles. The van der Waals surface area contributed by atoms with Gasteiger partial charge in [-0.3, -0.25) is 10.3 Å². The normalized spacial score (nSPS) is 33.5. The number of amidine groups is 1. The molecule has 1 unspecified atom stereocenters. The summed E-state index contributed by atoms with van der Waals surface area (Å²) in [6, 6.07) is 7.76. The number of hydrogen-bond acceptors (Lipinski definition) is 4. The number of rotatable bonds is 1. The summed E-state index contributed by atoms with van der Waals surface area (Å²) in [7, 11) is 0. The molecule has 5 nitrogen and oxygen atoms in total. The van der Waals surface area contributed by atoms with Crippen LogP contribution in [-0.2, 0) is 4.84 Å². The minimum Gasteiger partial charge on any atom is -0.300 e. The molecule has 1 aromatic heterocycles. The Morgan fingerprint density at radius 2 is 2.12 bits per heavy atom. The zero-order valence-electron chi connectivity index (χ0n) is 13.3. The second-order valence-corrected chi connectivity index (χ2v) is 7.53. The number of hydroxylamine groups is 1. The number of benzene rings is 1. The molecule has 2 bridgehead atoms. The number of aliphatic imine (C=N–C) groups is 1. The van der Waals surface area contributed by atoms with E-state index in [1.165, 1.54) is 25.9 Å². The van der Waals surface area contributed by atoms with E-state index in [1.54, 1.807) is 0 Å². The smallest absolute Gasteiger partial charge is 0.154 e. The van der Waals surface area contributed by atoms with Crippen molar-refractivity contribution < 1.29 is 4.84 Å². The van der Waals surface area contributed by atoms with Gasteiger partial charge in [0.1, 0.15) is 11.4 Å². The van der Waals surface area contributed by atoms with E-state index in [-0.39, 0.29) is 5.60 Å². The molecule has 1 N–H and O–H groups in total. The van der Waals surface area contributed by atoms with Crippen molar-refractivity contribution in [1.82, 2.24) is 15.4 Å². The standard InChI is InChI=1S/C18H19ClN4O/c19-15-2-1-12-10-20-16(8-13(12)7-15)21-17-9-18(24-22-17)11-23-5-3-14(18)4-6-23/h1-2,7-8,10,14H,3-6,9,11H2,(H,20,21,22). The van der Waals surface area contributed by atoms with Crippen LogP contribution in [0.1, 0.15) is 19.3 Å². The zero-order chi connectivity index (χ0) is 16.1. The van der Waals surface area contributed by atoms with Crippen molar-refractivity contribution in [3.05, 3.63) is 35.5 Å². The molecule has 24 heavy (non-hydrogen) atoms. The molecule has 6 rings (SSSR count). The first-order valence-electron chi connectivity index (χ1n) is 8.49. The Labute approximate surface area is 145 Å². The van der Waals surface area contributed by atoms with Crippen LogP contribution >= 0.6 is 11.6 Å². The Balaban J connectivity index is 1.43. The molecule has 0 saturated carbocycles. The van der Waals surface area contributed by atoms with Crippen LogP contribution in [0.3, 0.4) is 0 Å². The van der Waals surface area contributed by atoms with E-state index in [0.717, 1.165) is 34.6 Å². The number of pyridine rings is 1. The number of fused-ring (bicyclic) bond motifs is 3. The topological polar surface area (TPSA) is 49.8 Å². The summed E-state index contributed by atoms with van der Waals surface area (Å²) in [4.78, 5) is 17.7. The number of halogens is 1. The third-order valence-electron chi connectivity index (χ3n) is 5.58. The fraction of sp³-hybridized carbons (Fsp3) is 0.444. The Hall–Kier alpha value is -1.69. The lowest BCUT2D eigenvalue weighted by atomic mass is 9.74. The molecule has 0 amide bonds. The Kier molecular flexibility index (Phi) is 3.30. The molecule has 124 valence electrons. The van der Waals surface area contributed by atoms with E-state index in [0.29, 0.717) is 11.7 Å². The SMILES string of the molecule is Clc1ccc2cnc(N=C3CC4(CN5CCC4CC5)ON3)cc2c1. The summed E-state index contributed by atoms with van der Waals surface area (Å²) < 4.78 is 0. The third-order valence-corrected chi connectivity index (χ3v) is 5.82. The minimum absolute atomic E-state index is 0.102. The highest BCUT2D eigenvalue weighted by atomic mass is 35.5. The van der Waals surface area contributed by atoms with Crippen molar-refractivity contribution in [2.24, 2.45) is 10.9 Å². The lowest BCUT2D eigenvalue weighted by molar-refractivity contribution is -0.150. The predicted octanol–water partition coefficient (Wildman–Crippen LogP) is 3.31. The van der Waals surface area contributed by atoms with Gasteiger partial charge in [0.15, 0.2) is 5.82 Å². The molecule has 4 aliphatic heterocycles. The second kappa shape index (κ2) is 5.41. The fourth-order valence-corrected chi connectivity index (χ4v) is 4.50. The molecule has 0 aliphatic carbocycles. The summed E-state index contributed by atoms with van der Waals surface area (Å²) in [6.45, 7) is 3.41. The molecule has 4 fully saturated rings. The first-order valence-corrected chi connectivity index (χ1v) is 8.87. The van der Waals surface area contributed by atoms with Gasteiger partial charge < -0.3 is 4.90 Å². The van der Waals surface area contributed by atoms with Crippen LogP contribution in [0.15, 0.2) is 35.5 Å². The van der Waals surface area contributed by atoms with Crippen LogP contribution in [0.2, 0.25) is 5.02 Å². The van der Waals surface area contributed by atoms with Gasteiger partial charge in [0.25, 0.3) is 0 Å². The number of piperidine rings is 3. The Morgan fingerprint density at radius 3 is 2.92 bits per heavy atom. The van der Waals surface area contributed by atoms with E-state index in [4.69, 9.17) is 16.4 Å². The molecule has 1 atom stereocenters. The summed E-state index contributed by atoms with van der Waals surface area (Å²) >= 11 is 6.08. The van der Waals surface area contributed by atoms with E-state index in [9.17, 15) is 0 Å². The van der Waals surface area contributed by atoms with Gasteiger partial charge in [0.2, 0.25) is 0 Å². The molecule has 2 aromatic rings. The van der Waals surface area contributed by atoms with E-state index < -0.39 is 0 Å². The Bertz CT molecular complexity index is 831. The third kappa shape index (κ3) is 2.39. The minimum atomic E-state index is -0.102. The fourth-order valence-electron chi connectivity index (χ4n) is 4.32. The molecular formula is C18H19ClN4O. The van der Waals surface area contributed by atoms with Gasteiger partial charge in [-0.15, -0.1) is 0 Å². The van der Waals surface area contributed by atoms with E-state index in [1.807, 2.05) is 30.5 Å². The van der Waals surface area contributed by atoms with Gasteiger partial charge in [-0.2, -0.15) is 0 Å². The maximum absolute atomic E-state index is 6.08. The molecule has 1 aromatic carbocycles. The van der Waals surface area contributed by atoms with Crippen LogP contribution < -0.4 is 5.48 Å². The zero-order valence-corrected chi connectivity index (χ0v) is 14.1. The average Bonchev–Trinajstić information content (AvgIpc) is 2.97. The number of nitrogens with zero attached hydrogens (tertiary/aromatic N) is 3.